The van der Waals surface area contributed by atoms with Crippen molar-refractivity contribution in [2.24, 2.45) is 0 Å². The molecule has 1 aromatic rings. The van der Waals surface area contributed by atoms with E-state index in [1.165, 1.54) is 5.56 Å². The quantitative estimate of drug-likeness (QED) is 0.726. The molecule has 0 aromatic heterocycles. The summed E-state index contributed by atoms with van der Waals surface area (Å²) in [6.45, 7) is 3.42. The second kappa shape index (κ2) is 8.34. The molecule has 0 radical (unpaired) electrons. The Hall–Kier alpha value is -0.830. The molecule has 0 fully saturated rings. The molecule has 0 saturated heterocycles. The highest BCUT2D eigenvalue weighted by molar-refractivity contribution is 6.25. The Kier molecular flexibility index (Phi) is 6.90. The summed E-state index contributed by atoms with van der Waals surface area (Å²) >= 11 is 5.54. The van der Waals surface area contributed by atoms with Gasteiger partial charge >= 0.3 is 0 Å². The third-order valence-corrected chi connectivity index (χ3v) is 2.49. The van der Waals surface area contributed by atoms with E-state index in [0.717, 1.165) is 26.2 Å². The predicted molar refractivity (Wildman–Crippen MR) is 68.6 cm³/mol. The van der Waals surface area contributed by atoms with Crippen molar-refractivity contribution in [3.05, 3.63) is 47.5 Å². The molecule has 0 atom stereocenters. The molecular weight excluding hydrogens is 222 g/mol. The lowest BCUT2D eigenvalue weighted by atomic mass is 10.2. The number of halogens is 1. The molecule has 16 heavy (non-hydrogen) atoms. The van der Waals surface area contributed by atoms with Gasteiger partial charge < -0.3 is 4.74 Å². The molecule has 0 aliphatic heterocycles. The summed E-state index contributed by atoms with van der Waals surface area (Å²) in [5.41, 5.74) is 2.87. The summed E-state index contributed by atoms with van der Waals surface area (Å²) in [4.78, 5) is 2.29. The van der Waals surface area contributed by atoms with Crippen LogP contribution < -0.4 is 0 Å². The molecule has 2 nitrogen and oxygen atoms in total. The van der Waals surface area contributed by atoms with E-state index in [9.17, 15) is 0 Å². The average molecular weight is 240 g/mol. The van der Waals surface area contributed by atoms with E-state index in [1.807, 2.05) is 12.1 Å². The highest BCUT2D eigenvalue weighted by Crippen LogP contribution is 2.04. The molecule has 0 spiro atoms. The lowest BCUT2D eigenvalue weighted by molar-refractivity contribution is 0.151. The zero-order chi connectivity index (χ0) is 11.6. The second-order valence-corrected chi connectivity index (χ2v) is 3.83. The van der Waals surface area contributed by atoms with Gasteiger partial charge in [-0.3, -0.25) is 4.90 Å². The van der Waals surface area contributed by atoms with Crippen molar-refractivity contribution >= 4 is 11.6 Å². The van der Waals surface area contributed by atoms with E-state index in [1.54, 1.807) is 12.6 Å². The molecule has 0 bridgehead atoms. The van der Waals surface area contributed by atoms with Crippen molar-refractivity contribution in [1.29, 1.82) is 0 Å². The topological polar surface area (TPSA) is 12.5 Å². The second-order valence-electron chi connectivity index (χ2n) is 3.58. The Bertz CT molecular complexity index is 300. The first-order valence-electron chi connectivity index (χ1n) is 5.37. The van der Waals surface area contributed by atoms with Crippen molar-refractivity contribution in [2.75, 3.05) is 26.8 Å². The smallest absolute Gasteiger partial charge is 0.0589 e. The lowest BCUT2D eigenvalue weighted by Crippen LogP contribution is -2.27. The van der Waals surface area contributed by atoms with Gasteiger partial charge in [0.1, 0.15) is 0 Å². The van der Waals surface area contributed by atoms with Crippen LogP contribution in [-0.2, 0) is 11.3 Å². The lowest BCUT2D eigenvalue weighted by Gasteiger charge is -2.20. The molecule has 1 rings (SSSR count). The monoisotopic (exact) mass is 239 g/mol. The Morgan fingerprint density at radius 1 is 1.31 bits per heavy atom. The van der Waals surface area contributed by atoms with E-state index in [4.69, 9.17) is 16.3 Å². The summed E-state index contributed by atoms with van der Waals surface area (Å²) in [6.07, 6.45) is 1.94. The highest BCUT2D eigenvalue weighted by atomic mass is 35.5. The Morgan fingerprint density at radius 3 is 2.69 bits per heavy atom. The normalized spacial score (nSPS) is 11.4. The van der Waals surface area contributed by atoms with E-state index in [2.05, 4.69) is 29.2 Å². The molecular formula is C13H18ClNO. The first-order chi connectivity index (χ1) is 7.86. The SMILES string of the molecule is COCCN(C/C=C/Cl)Cc1ccccc1. The van der Waals surface area contributed by atoms with Crippen LogP contribution in [0.25, 0.3) is 0 Å². The van der Waals surface area contributed by atoms with E-state index in [-0.39, 0.29) is 0 Å². The van der Waals surface area contributed by atoms with Gasteiger partial charge in [-0.15, -0.1) is 0 Å². The minimum absolute atomic E-state index is 0.739. The molecule has 1 aromatic carbocycles. The number of hydrogen-bond acceptors (Lipinski definition) is 2. The average Bonchev–Trinajstić information content (AvgIpc) is 2.34. The van der Waals surface area contributed by atoms with Gasteiger partial charge in [0.05, 0.1) is 6.61 Å². The van der Waals surface area contributed by atoms with Crippen molar-refractivity contribution < 1.29 is 4.74 Å². The van der Waals surface area contributed by atoms with Gasteiger partial charge in [-0.2, -0.15) is 0 Å². The van der Waals surface area contributed by atoms with E-state index < -0.39 is 0 Å². The van der Waals surface area contributed by atoms with Gasteiger partial charge in [0.2, 0.25) is 0 Å². The van der Waals surface area contributed by atoms with Gasteiger partial charge in [0, 0.05) is 32.3 Å². The van der Waals surface area contributed by atoms with Gasteiger partial charge in [-0.05, 0) is 5.56 Å². The number of nitrogens with zero attached hydrogens (tertiary/aromatic N) is 1. The summed E-state index contributed by atoms with van der Waals surface area (Å²) in [5, 5.41) is 0. The number of methoxy groups -OCH3 is 1. The molecule has 0 aliphatic rings. The predicted octanol–water partition coefficient (Wildman–Crippen LogP) is 2.89. The Balaban J connectivity index is 2.48. The van der Waals surface area contributed by atoms with Crippen LogP contribution in [0.1, 0.15) is 5.56 Å². The fourth-order valence-electron chi connectivity index (χ4n) is 1.49. The molecule has 0 N–H and O–H groups in total. The third-order valence-electron chi connectivity index (χ3n) is 2.31. The summed E-state index contributed by atoms with van der Waals surface area (Å²) < 4.78 is 5.09. The van der Waals surface area contributed by atoms with E-state index in [0.29, 0.717) is 0 Å². The van der Waals surface area contributed by atoms with Crippen molar-refractivity contribution in [3.8, 4) is 0 Å². The molecule has 0 heterocycles. The van der Waals surface area contributed by atoms with Crippen LogP contribution in [-0.4, -0.2) is 31.7 Å². The number of benzene rings is 1. The van der Waals surface area contributed by atoms with Crippen LogP contribution >= 0.6 is 11.6 Å². The van der Waals surface area contributed by atoms with Gasteiger partial charge in [0.25, 0.3) is 0 Å². The highest BCUT2D eigenvalue weighted by Gasteiger charge is 2.03. The Labute approximate surface area is 102 Å². The molecule has 0 unspecified atom stereocenters. The van der Waals surface area contributed by atoms with Gasteiger partial charge in [-0.1, -0.05) is 48.0 Å². The summed E-state index contributed by atoms with van der Waals surface area (Å²) in [5.74, 6) is 0. The van der Waals surface area contributed by atoms with Crippen LogP contribution in [0.4, 0.5) is 0 Å². The first kappa shape index (κ1) is 13.2. The summed E-state index contributed by atoms with van der Waals surface area (Å²) in [6, 6.07) is 10.4. The molecule has 88 valence electrons. The number of ether oxygens (including phenoxy) is 1. The fraction of sp³-hybridized carbons (Fsp3) is 0.385. The number of rotatable bonds is 7. The van der Waals surface area contributed by atoms with Gasteiger partial charge in [-0.25, -0.2) is 0 Å². The fourth-order valence-corrected chi connectivity index (χ4v) is 1.57. The first-order valence-corrected chi connectivity index (χ1v) is 5.81. The van der Waals surface area contributed by atoms with Crippen LogP contribution in [0.15, 0.2) is 41.9 Å². The maximum absolute atomic E-state index is 5.54. The van der Waals surface area contributed by atoms with Crippen molar-refractivity contribution in [3.63, 3.8) is 0 Å². The van der Waals surface area contributed by atoms with Crippen LogP contribution in [0.2, 0.25) is 0 Å². The molecule has 0 amide bonds. The Morgan fingerprint density at radius 2 is 2.06 bits per heavy atom. The van der Waals surface area contributed by atoms with Gasteiger partial charge in [0.15, 0.2) is 0 Å². The largest absolute Gasteiger partial charge is 0.383 e. The van der Waals surface area contributed by atoms with Crippen LogP contribution in [0, 0.1) is 0 Å². The molecule has 0 aliphatic carbocycles. The standard InChI is InChI=1S/C13H18ClNO/c1-16-11-10-15(9-5-8-14)12-13-6-3-2-4-7-13/h2-8H,9-12H2,1H3/b8-5+. The molecule has 0 saturated carbocycles. The molecule has 3 heteroatoms. The minimum Gasteiger partial charge on any atom is -0.383 e. The zero-order valence-corrected chi connectivity index (χ0v) is 10.4. The van der Waals surface area contributed by atoms with E-state index >= 15 is 0 Å². The van der Waals surface area contributed by atoms with Crippen LogP contribution in [0.5, 0.6) is 0 Å². The maximum Gasteiger partial charge on any atom is 0.0589 e. The van der Waals surface area contributed by atoms with Crippen LogP contribution in [0.3, 0.4) is 0 Å². The van der Waals surface area contributed by atoms with Crippen molar-refractivity contribution in [2.45, 2.75) is 6.54 Å². The number of hydrogen-bond donors (Lipinski definition) is 0. The third kappa shape index (κ3) is 5.31. The zero-order valence-electron chi connectivity index (χ0n) is 9.60. The van der Waals surface area contributed by atoms with Crippen molar-refractivity contribution in [1.82, 2.24) is 4.90 Å². The maximum atomic E-state index is 5.54. The summed E-state index contributed by atoms with van der Waals surface area (Å²) in [7, 11) is 1.72. The minimum atomic E-state index is 0.739.